The number of rotatable bonds is 3. The zero-order chi connectivity index (χ0) is 12.8. The fraction of sp³-hybridized carbons (Fsp3) is 0.857. The number of carbonyl (C=O) groups excluding carboxylic acids is 2. The first kappa shape index (κ1) is 12.2. The molecule has 0 aromatic carbocycles. The van der Waals surface area contributed by atoms with Gasteiger partial charge in [0.05, 0.1) is 0 Å². The number of amides is 1. The first-order valence-electron chi connectivity index (χ1n) is 6.99. The standard InChI is InChI=1S/C14H21NO3/c1-18-8-6-14-4-2-7-15-12(17)9-10(13(14)15)11(16)3-5-14/h10,13H,2-9H2,1H3/t10-,13-,14+/m0/s1. The summed E-state index contributed by atoms with van der Waals surface area (Å²) in [5, 5.41) is 0. The molecule has 1 saturated carbocycles. The van der Waals surface area contributed by atoms with Crippen molar-refractivity contribution in [2.45, 2.75) is 44.6 Å². The molecule has 3 aliphatic rings. The summed E-state index contributed by atoms with van der Waals surface area (Å²) >= 11 is 0. The summed E-state index contributed by atoms with van der Waals surface area (Å²) in [5.41, 5.74) is 0.152. The van der Waals surface area contributed by atoms with E-state index in [1.807, 2.05) is 4.90 Å². The highest BCUT2D eigenvalue weighted by Crippen LogP contribution is 2.53. The lowest BCUT2D eigenvalue weighted by Crippen LogP contribution is -2.56. The molecule has 18 heavy (non-hydrogen) atoms. The molecule has 4 nitrogen and oxygen atoms in total. The summed E-state index contributed by atoms with van der Waals surface area (Å²) in [6, 6.07) is 0.176. The summed E-state index contributed by atoms with van der Waals surface area (Å²) in [5.74, 6) is 0.482. The van der Waals surface area contributed by atoms with E-state index in [9.17, 15) is 9.59 Å². The molecule has 2 saturated heterocycles. The third kappa shape index (κ3) is 1.62. The van der Waals surface area contributed by atoms with Crippen LogP contribution >= 0.6 is 0 Å². The van der Waals surface area contributed by atoms with Gasteiger partial charge in [-0.2, -0.15) is 0 Å². The van der Waals surface area contributed by atoms with Gasteiger partial charge in [-0.1, -0.05) is 0 Å². The molecule has 4 heteroatoms. The van der Waals surface area contributed by atoms with Gasteiger partial charge in [-0.15, -0.1) is 0 Å². The maximum Gasteiger partial charge on any atom is 0.223 e. The maximum atomic E-state index is 12.1. The Bertz CT molecular complexity index is 381. The third-order valence-corrected chi connectivity index (χ3v) is 5.22. The fourth-order valence-corrected chi connectivity index (χ4v) is 4.38. The highest BCUT2D eigenvalue weighted by molar-refractivity contribution is 5.92. The lowest BCUT2D eigenvalue weighted by molar-refractivity contribution is -0.138. The van der Waals surface area contributed by atoms with Crippen LogP contribution < -0.4 is 0 Å². The van der Waals surface area contributed by atoms with Crippen LogP contribution in [0.1, 0.15) is 38.5 Å². The van der Waals surface area contributed by atoms with Gasteiger partial charge in [-0.3, -0.25) is 9.59 Å². The molecule has 0 bridgehead atoms. The number of hydrogen-bond donors (Lipinski definition) is 0. The Balaban J connectivity index is 1.92. The smallest absolute Gasteiger partial charge is 0.223 e. The zero-order valence-electron chi connectivity index (χ0n) is 11.0. The number of carbonyl (C=O) groups is 2. The first-order valence-corrected chi connectivity index (χ1v) is 6.99. The normalized spacial score (nSPS) is 39.1. The zero-order valence-corrected chi connectivity index (χ0v) is 11.0. The van der Waals surface area contributed by atoms with Crippen LogP contribution in [0.3, 0.4) is 0 Å². The summed E-state index contributed by atoms with van der Waals surface area (Å²) in [6.45, 7) is 1.58. The van der Waals surface area contributed by atoms with Gasteiger partial charge in [-0.25, -0.2) is 0 Å². The van der Waals surface area contributed by atoms with Gasteiger partial charge in [0.15, 0.2) is 0 Å². The molecule has 100 valence electrons. The molecule has 0 aromatic heterocycles. The fourth-order valence-electron chi connectivity index (χ4n) is 4.38. The number of nitrogens with zero attached hydrogens (tertiary/aromatic N) is 1. The van der Waals surface area contributed by atoms with Gasteiger partial charge in [0.2, 0.25) is 5.91 Å². The van der Waals surface area contributed by atoms with E-state index in [4.69, 9.17) is 4.74 Å². The number of piperidine rings is 1. The highest BCUT2D eigenvalue weighted by Gasteiger charge is 2.57. The second kappa shape index (κ2) is 4.34. The van der Waals surface area contributed by atoms with Crippen LogP contribution in [-0.4, -0.2) is 42.9 Å². The molecular weight excluding hydrogens is 230 g/mol. The lowest BCUT2D eigenvalue weighted by Gasteiger charge is -2.51. The van der Waals surface area contributed by atoms with Crippen molar-refractivity contribution in [1.82, 2.24) is 4.90 Å². The van der Waals surface area contributed by atoms with Crippen molar-refractivity contribution < 1.29 is 14.3 Å². The molecular formula is C14H21NO3. The van der Waals surface area contributed by atoms with Gasteiger partial charge < -0.3 is 9.64 Å². The average Bonchev–Trinajstić information content (AvgIpc) is 2.72. The number of ketones is 1. The molecule has 3 rings (SSSR count). The molecule has 2 heterocycles. The Labute approximate surface area is 108 Å². The Morgan fingerprint density at radius 2 is 2.22 bits per heavy atom. The van der Waals surface area contributed by atoms with E-state index in [0.29, 0.717) is 18.6 Å². The number of methoxy groups -OCH3 is 1. The van der Waals surface area contributed by atoms with Crippen LogP contribution in [0.4, 0.5) is 0 Å². The summed E-state index contributed by atoms with van der Waals surface area (Å²) < 4.78 is 5.24. The van der Waals surface area contributed by atoms with Gasteiger partial charge >= 0.3 is 0 Å². The quantitative estimate of drug-likeness (QED) is 0.761. The highest BCUT2D eigenvalue weighted by atomic mass is 16.5. The maximum absolute atomic E-state index is 12.1. The monoisotopic (exact) mass is 251 g/mol. The Hall–Kier alpha value is -0.900. The minimum Gasteiger partial charge on any atom is -0.385 e. The van der Waals surface area contributed by atoms with Crippen molar-refractivity contribution in [3.05, 3.63) is 0 Å². The first-order chi connectivity index (χ1) is 8.68. The van der Waals surface area contributed by atoms with Crippen molar-refractivity contribution in [3.8, 4) is 0 Å². The minimum absolute atomic E-state index is 0.0246. The SMILES string of the molecule is COCC[C@@]12CCCN3C(=O)C[C@@H](C(=O)CC1)[C@H]32. The Morgan fingerprint density at radius 1 is 1.39 bits per heavy atom. The van der Waals surface area contributed by atoms with E-state index >= 15 is 0 Å². The Morgan fingerprint density at radius 3 is 3.00 bits per heavy atom. The number of hydrogen-bond acceptors (Lipinski definition) is 3. The van der Waals surface area contributed by atoms with Gasteiger partial charge in [0.25, 0.3) is 0 Å². The summed E-state index contributed by atoms with van der Waals surface area (Å²) in [4.78, 5) is 26.1. The van der Waals surface area contributed by atoms with Crippen molar-refractivity contribution in [3.63, 3.8) is 0 Å². The largest absolute Gasteiger partial charge is 0.385 e. The van der Waals surface area contributed by atoms with Crippen LogP contribution in [0.25, 0.3) is 0 Å². The lowest BCUT2D eigenvalue weighted by atomic mass is 9.60. The summed E-state index contributed by atoms with van der Waals surface area (Å²) in [6.07, 6.45) is 5.27. The number of Topliss-reactive ketones (excluding diaryl/α,β-unsaturated/α-hetero) is 1. The van der Waals surface area contributed by atoms with Gasteiger partial charge in [-0.05, 0) is 31.1 Å². The van der Waals surface area contributed by atoms with E-state index in [1.54, 1.807) is 7.11 Å². The van der Waals surface area contributed by atoms with Gasteiger partial charge in [0.1, 0.15) is 5.78 Å². The van der Waals surface area contributed by atoms with Crippen molar-refractivity contribution >= 4 is 11.7 Å². The molecule has 3 fully saturated rings. The molecule has 0 radical (unpaired) electrons. The van der Waals surface area contributed by atoms with Crippen molar-refractivity contribution in [2.75, 3.05) is 20.3 Å². The van der Waals surface area contributed by atoms with Crippen LogP contribution in [0.15, 0.2) is 0 Å². The molecule has 0 aromatic rings. The van der Waals surface area contributed by atoms with E-state index in [2.05, 4.69) is 0 Å². The topological polar surface area (TPSA) is 46.6 Å². The summed E-state index contributed by atoms with van der Waals surface area (Å²) in [7, 11) is 1.72. The van der Waals surface area contributed by atoms with Crippen LogP contribution in [0, 0.1) is 11.3 Å². The van der Waals surface area contributed by atoms with Crippen LogP contribution in [0.5, 0.6) is 0 Å². The minimum atomic E-state index is -0.0246. The average molecular weight is 251 g/mol. The second-order valence-corrected chi connectivity index (χ2v) is 6.02. The van der Waals surface area contributed by atoms with Crippen LogP contribution in [0.2, 0.25) is 0 Å². The predicted molar refractivity (Wildman–Crippen MR) is 66.0 cm³/mol. The molecule has 2 aliphatic heterocycles. The van der Waals surface area contributed by atoms with E-state index < -0.39 is 0 Å². The van der Waals surface area contributed by atoms with Crippen LogP contribution in [-0.2, 0) is 14.3 Å². The predicted octanol–water partition coefficient (Wildman–Crippen LogP) is 1.38. The van der Waals surface area contributed by atoms with Crippen molar-refractivity contribution in [2.24, 2.45) is 11.3 Å². The Kier molecular flexibility index (Phi) is 2.93. The second-order valence-electron chi connectivity index (χ2n) is 6.02. The van der Waals surface area contributed by atoms with Crippen molar-refractivity contribution in [1.29, 1.82) is 0 Å². The van der Waals surface area contributed by atoms with E-state index in [1.165, 1.54) is 0 Å². The van der Waals surface area contributed by atoms with E-state index in [0.717, 1.165) is 38.8 Å². The third-order valence-electron chi connectivity index (χ3n) is 5.22. The molecule has 0 N–H and O–H groups in total. The molecule has 1 aliphatic carbocycles. The molecule has 3 atom stereocenters. The number of ether oxygens (including phenoxy) is 1. The molecule has 0 spiro atoms. The molecule has 1 amide bonds. The molecule has 0 unspecified atom stereocenters. The van der Waals surface area contributed by atoms with Gasteiger partial charge in [0, 0.05) is 45.1 Å². The van der Waals surface area contributed by atoms with E-state index in [-0.39, 0.29) is 23.3 Å².